The summed E-state index contributed by atoms with van der Waals surface area (Å²) in [6.45, 7) is 16.0. The molecule has 49 heavy (non-hydrogen) atoms. The van der Waals surface area contributed by atoms with E-state index in [1.54, 1.807) is 0 Å². The van der Waals surface area contributed by atoms with E-state index >= 15 is 0 Å². The minimum atomic E-state index is -0.0335. The lowest BCUT2D eigenvalue weighted by molar-refractivity contribution is 0.217. The molecule has 0 saturated carbocycles. The third-order valence-electron chi connectivity index (χ3n) is 11.2. The second kappa shape index (κ2) is 15.8. The maximum atomic E-state index is 6.86. The van der Waals surface area contributed by atoms with Crippen molar-refractivity contribution >= 4 is 22.1 Å². The van der Waals surface area contributed by atoms with Gasteiger partial charge in [0, 0.05) is 5.69 Å². The standard InChI is InChI=1S/C47H59NO/c1-8-12-14-35(10-3)27-39-24-34(7)25-42-40(28-36(11-4)15-13-9-2)29-38(30-43(39)42)37-19-23-45-47(31-37)49-46-26-33(6)18-22-44(46)48(45)41-20-16-32(5)17-21-41/h16-26,29-31,35-36,44,46H,8-15,27-28H2,1-7H3. The van der Waals surface area contributed by atoms with Crippen LogP contribution in [0.25, 0.3) is 21.9 Å². The van der Waals surface area contributed by atoms with Gasteiger partial charge in [0.05, 0.1) is 11.7 Å². The zero-order valence-electron chi connectivity index (χ0n) is 31.3. The molecule has 1 heterocycles. The maximum absolute atomic E-state index is 6.86. The molecule has 4 aromatic rings. The van der Waals surface area contributed by atoms with E-state index in [1.807, 2.05) is 0 Å². The second-order valence-corrected chi connectivity index (χ2v) is 15.1. The molecule has 0 radical (unpaired) electrons. The third-order valence-corrected chi connectivity index (χ3v) is 11.2. The summed E-state index contributed by atoms with van der Waals surface area (Å²) in [6, 6.07) is 26.0. The number of nitrogens with zero attached hydrogens (tertiary/aromatic N) is 1. The quantitative estimate of drug-likeness (QED) is 0.134. The number of benzene rings is 4. The van der Waals surface area contributed by atoms with Crippen molar-refractivity contribution in [2.75, 3.05) is 4.90 Å². The van der Waals surface area contributed by atoms with Crippen LogP contribution in [-0.4, -0.2) is 12.1 Å². The van der Waals surface area contributed by atoms with Crippen molar-refractivity contribution in [3.8, 4) is 16.9 Å². The molecule has 0 amide bonds. The molecule has 1 aliphatic heterocycles. The number of aryl methyl sites for hydroxylation is 2. The fraction of sp³-hybridized carbons (Fsp3) is 0.447. The van der Waals surface area contributed by atoms with Crippen molar-refractivity contribution in [3.63, 3.8) is 0 Å². The highest BCUT2D eigenvalue weighted by Crippen LogP contribution is 2.45. The van der Waals surface area contributed by atoms with Crippen molar-refractivity contribution in [1.82, 2.24) is 0 Å². The van der Waals surface area contributed by atoms with Gasteiger partial charge in [-0.05, 0) is 115 Å². The van der Waals surface area contributed by atoms with Crippen LogP contribution in [0.3, 0.4) is 0 Å². The summed E-state index contributed by atoms with van der Waals surface area (Å²) in [5.74, 6) is 2.39. The Kier molecular flexibility index (Phi) is 11.3. The molecular formula is C47H59NO. The molecule has 4 atom stereocenters. The average molecular weight is 654 g/mol. The smallest absolute Gasteiger partial charge is 0.144 e. The van der Waals surface area contributed by atoms with Crippen LogP contribution >= 0.6 is 0 Å². The van der Waals surface area contributed by atoms with E-state index in [0.717, 1.165) is 30.2 Å². The Morgan fingerprint density at radius 1 is 0.673 bits per heavy atom. The van der Waals surface area contributed by atoms with E-state index in [2.05, 4.69) is 138 Å². The number of unbranched alkanes of at least 4 members (excludes halogenated alkanes) is 2. The first kappa shape index (κ1) is 35.1. The maximum Gasteiger partial charge on any atom is 0.144 e. The number of fused-ring (bicyclic) bond motifs is 3. The van der Waals surface area contributed by atoms with Gasteiger partial charge in [0.25, 0.3) is 0 Å². The zero-order valence-corrected chi connectivity index (χ0v) is 31.3. The van der Waals surface area contributed by atoms with Crippen LogP contribution in [0.1, 0.15) is 108 Å². The van der Waals surface area contributed by atoms with Gasteiger partial charge in [-0.2, -0.15) is 0 Å². The van der Waals surface area contributed by atoms with E-state index in [1.165, 1.54) is 107 Å². The Bertz CT molecular complexity index is 1790. The molecular weight excluding hydrogens is 595 g/mol. The fourth-order valence-electron chi connectivity index (χ4n) is 8.21. The lowest BCUT2D eigenvalue weighted by Gasteiger charge is -2.43. The minimum absolute atomic E-state index is 0.0335. The molecule has 2 aliphatic rings. The third kappa shape index (κ3) is 7.85. The van der Waals surface area contributed by atoms with Crippen LogP contribution in [-0.2, 0) is 12.8 Å². The van der Waals surface area contributed by atoms with Crippen LogP contribution in [0.4, 0.5) is 11.4 Å². The zero-order chi connectivity index (χ0) is 34.5. The van der Waals surface area contributed by atoms with Gasteiger partial charge in [0.1, 0.15) is 11.9 Å². The average Bonchev–Trinajstić information content (AvgIpc) is 3.10. The van der Waals surface area contributed by atoms with Crippen molar-refractivity contribution in [3.05, 3.63) is 113 Å². The van der Waals surface area contributed by atoms with Gasteiger partial charge in [0.2, 0.25) is 0 Å². The monoisotopic (exact) mass is 653 g/mol. The first-order valence-electron chi connectivity index (χ1n) is 19.4. The van der Waals surface area contributed by atoms with Crippen LogP contribution in [0.15, 0.2) is 90.5 Å². The predicted molar refractivity (Wildman–Crippen MR) is 213 cm³/mol. The van der Waals surface area contributed by atoms with E-state index < -0.39 is 0 Å². The molecule has 0 fully saturated rings. The highest BCUT2D eigenvalue weighted by molar-refractivity contribution is 5.94. The molecule has 258 valence electrons. The van der Waals surface area contributed by atoms with Crippen molar-refractivity contribution in [2.24, 2.45) is 11.8 Å². The summed E-state index contributed by atoms with van der Waals surface area (Å²) in [5, 5.41) is 2.92. The molecule has 1 aliphatic carbocycles. The molecule has 4 unspecified atom stereocenters. The molecule has 0 aromatic heterocycles. The van der Waals surface area contributed by atoms with Crippen molar-refractivity contribution < 1.29 is 4.74 Å². The summed E-state index contributed by atoms with van der Waals surface area (Å²) in [7, 11) is 0. The number of anilines is 2. The number of hydrogen-bond acceptors (Lipinski definition) is 2. The van der Waals surface area contributed by atoms with Gasteiger partial charge in [-0.25, -0.2) is 0 Å². The van der Waals surface area contributed by atoms with Gasteiger partial charge < -0.3 is 9.64 Å². The molecule has 0 bridgehead atoms. The SMILES string of the molecule is CCCCC(CC)Cc1cc(-c2ccc3c(c2)OC2C=C(C)C=CC2N3c2ccc(C)cc2)cc2c(CC(CC)CCCC)cc(C)cc12. The molecule has 0 N–H and O–H groups in total. The lowest BCUT2D eigenvalue weighted by Crippen LogP contribution is -2.46. The van der Waals surface area contributed by atoms with E-state index in [9.17, 15) is 0 Å². The van der Waals surface area contributed by atoms with Gasteiger partial charge in [-0.1, -0.05) is 144 Å². The largest absolute Gasteiger partial charge is 0.482 e. The summed E-state index contributed by atoms with van der Waals surface area (Å²) in [5.41, 5.74) is 11.8. The second-order valence-electron chi connectivity index (χ2n) is 15.1. The summed E-state index contributed by atoms with van der Waals surface area (Å²) < 4.78 is 6.86. The summed E-state index contributed by atoms with van der Waals surface area (Å²) in [6.07, 6.45) is 19.3. The molecule has 0 saturated heterocycles. The van der Waals surface area contributed by atoms with Gasteiger partial charge in [-0.15, -0.1) is 0 Å². The van der Waals surface area contributed by atoms with Crippen LogP contribution < -0.4 is 9.64 Å². The minimum Gasteiger partial charge on any atom is -0.482 e. The van der Waals surface area contributed by atoms with Crippen molar-refractivity contribution in [2.45, 2.75) is 125 Å². The molecule has 2 heteroatoms. The Balaban J connectivity index is 1.48. The first-order valence-corrected chi connectivity index (χ1v) is 19.4. The lowest BCUT2D eigenvalue weighted by atomic mass is 9.84. The Morgan fingerprint density at radius 2 is 1.33 bits per heavy atom. The normalized spacial score (nSPS) is 18.1. The topological polar surface area (TPSA) is 12.5 Å². The Hall–Kier alpha value is -3.78. The summed E-state index contributed by atoms with van der Waals surface area (Å²) in [4.78, 5) is 2.47. The first-order chi connectivity index (χ1) is 23.8. The van der Waals surface area contributed by atoms with Crippen LogP contribution in [0.2, 0.25) is 0 Å². The van der Waals surface area contributed by atoms with Crippen LogP contribution in [0, 0.1) is 25.7 Å². The van der Waals surface area contributed by atoms with E-state index in [4.69, 9.17) is 4.74 Å². The van der Waals surface area contributed by atoms with Crippen LogP contribution in [0.5, 0.6) is 5.75 Å². The molecule has 0 spiro atoms. The molecule has 6 rings (SSSR count). The summed E-state index contributed by atoms with van der Waals surface area (Å²) >= 11 is 0. The highest BCUT2D eigenvalue weighted by atomic mass is 16.5. The number of ether oxygens (including phenoxy) is 1. The van der Waals surface area contributed by atoms with Gasteiger partial charge in [0.15, 0.2) is 0 Å². The van der Waals surface area contributed by atoms with Crippen molar-refractivity contribution in [1.29, 1.82) is 0 Å². The fourth-order valence-corrected chi connectivity index (χ4v) is 8.21. The Labute approximate surface area is 297 Å². The molecule has 4 aromatic carbocycles. The highest BCUT2D eigenvalue weighted by Gasteiger charge is 2.36. The van der Waals surface area contributed by atoms with E-state index in [0.29, 0.717) is 5.92 Å². The predicted octanol–water partition coefficient (Wildman–Crippen LogP) is 13.4. The Morgan fingerprint density at radius 3 is 1.98 bits per heavy atom. The number of allylic oxidation sites excluding steroid dienone is 2. The number of hydrogen-bond donors (Lipinski definition) is 0. The van der Waals surface area contributed by atoms with Gasteiger partial charge in [-0.3, -0.25) is 0 Å². The number of rotatable bonds is 14. The molecule has 2 nitrogen and oxygen atoms in total. The van der Waals surface area contributed by atoms with Gasteiger partial charge >= 0.3 is 0 Å². The van der Waals surface area contributed by atoms with E-state index in [-0.39, 0.29) is 12.1 Å².